The van der Waals surface area contributed by atoms with Crippen LogP contribution in [0.25, 0.3) is 0 Å². The van der Waals surface area contributed by atoms with Crippen molar-refractivity contribution in [3.8, 4) is 0 Å². The summed E-state index contributed by atoms with van der Waals surface area (Å²) in [5, 5.41) is 94.7. The maximum absolute atomic E-state index is 11.0. The molecule has 4 aliphatic heterocycles. The fraction of sp³-hybridized carbons (Fsp3) is 0.852. The highest BCUT2D eigenvalue weighted by Crippen LogP contribution is 2.40. The molecule has 0 aromatic rings. The van der Waals surface area contributed by atoms with Crippen molar-refractivity contribution in [3.63, 3.8) is 0 Å². The van der Waals surface area contributed by atoms with Gasteiger partial charge in [0.2, 0.25) is 23.6 Å². The van der Waals surface area contributed by atoms with E-state index in [4.69, 9.17) is 26.2 Å². The van der Waals surface area contributed by atoms with E-state index in [1.807, 2.05) is 111 Å². The number of piperidine rings is 4. The molecule has 0 spiro atoms. The van der Waals surface area contributed by atoms with Crippen LogP contribution in [0.3, 0.4) is 0 Å². The first kappa shape index (κ1) is 75.4. The van der Waals surface area contributed by atoms with Crippen molar-refractivity contribution >= 4 is 47.5 Å². The minimum Gasteiger partial charge on any atom is -0.481 e. The van der Waals surface area contributed by atoms with Crippen LogP contribution in [0.15, 0.2) is 0 Å². The number of hydroxylamine groups is 8. The zero-order valence-electron chi connectivity index (χ0n) is 51.6. The number of aliphatic carboxylic acids is 4. The summed E-state index contributed by atoms with van der Waals surface area (Å²) in [4.78, 5) is 87.0. The zero-order chi connectivity index (χ0) is 63.3. The number of nitrogens with zero attached hydrogens (tertiary/aromatic N) is 4. The Morgan fingerprint density at radius 3 is 0.725 bits per heavy atom. The van der Waals surface area contributed by atoms with Crippen LogP contribution in [0, 0.1) is 0 Å². The van der Waals surface area contributed by atoms with Gasteiger partial charge in [0, 0.05) is 102 Å². The van der Waals surface area contributed by atoms with E-state index >= 15 is 0 Å². The van der Waals surface area contributed by atoms with Gasteiger partial charge in [-0.15, -0.1) is 0 Å². The summed E-state index contributed by atoms with van der Waals surface area (Å²) in [6.07, 6.45) is 3.82. The van der Waals surface area contributed by atoms with E-state index in [1.165, 1.54) is 47.9 Å². The number of carbonyl (C=O) groups is 8. The molecule has 4 heterocycles. The fourth-order valence-corrected chi connectivity index (χ4v) is 12.4. The molecule has 15 N–H and O–H groups in total. The van der Waals surface area contributed by atoms with Crippen molar-refractivity contribution < 1.29 is 79.6 Å². The van der Waals surface area contributed by atoms with Crippen LogP contribution >= 0.6 is 0 Å². The second kappa shape index (κ2) is 29.1. The van der Waals surface area contributed by atoms with Gasteiger partial charge in [0.25, 0.3) is 0 Å². The summed E-state index contributed by atoms with van der Waals surface area (Å²) in [6.45, 7) is 37.2. The molecule has 0 radical (unpaired) electrons. The summed E-state index contributed by atoms with van der Waals surface area (Å²) in [6, 6.07) is -0.787. The molecule has 1 atom stereocenters. The molecule has 0 aliphatic carbocycles. The molecule has 466 valence electrons. The smallest absolute Gasteiger partial charge is 0.317 e. The number of hydrogen-bond donors (Lipinski definition) is 14. The molecule has 1 unspecified atom stereocenters. The minimum absolute atomic E-state index is 0.00186. The molecule has 4 saturated heterocycles. The Bertz CT molecular complexity index is 1830. The molecular formula is C54H104N10O16. The van der Waals surface area contributed by atoms with Gasteiger partial charge in [-0.1, -0.05) is 0 Å². The van der Waals surface area contributed by atoms with Gasteiger partial charge in [-0.25, -0.2) is 0 Å². The van der Waals surface area contributed by atoms with E-state index in [1.54, 1.807) is 0 Å². The molecule has 80 heavy (non-hydrogen) atoms. The Hall–Kier alpha value is -4.64. The van der Waals surface area contributed by atoms with E-state index in [9.17, 15) is 59.2 Å². The number of nitrogens with one attached hydrogen (secondary N) is 5. The van der Waals surface area contributed by atoms with Crippen LogP contribution in [-0.4, -0.2) is 196 Å². The minimum atomic E-state index is -1.87. The first-order chi connectivity index (χ1) is 35.7. The highest BCUT2D eigenvalue weighted by atomic mass is 16.5. The van der Waals surface area contributed by atoms with Crippen molar-refractivity contribution in [1.82, 2.24) is 46.8 Å². The molecule has 26 heteroatoms. The number of hydrogen-bond acceptors (Lipinski definition) is 18. The summed E-state index contributed by atoms with van der Waals surface area (Å²) in [5.41, 5.74) is 1.33. The molecule has 4 amide bonds. The van der Waals surface area contributed by atoms with Crippen molar-refractivity contribution in [2.75, 3.05) is 6.54 Å². The number of nitrogens with two attached hydrogens (primary N) is 1. The lowest BCUT2D eigenvalue weighted by atomic mass is 9.79. The second-order valence-corrected chi connectivity index (χ2v) is 27.2. The van der Waals surface area contributed by atoms with Gasteiger partial charge in [0.05, 0.1) is 31.3 Å². The number of carboxylic acids is 4. The predicted molar refractivity (Wildman–Crippen MR) is 298 cm³/mol. The van der Waals surface area contributed by atoms with Gasteiger partial charge < -0.3 is 68.3 Å². The van der Waals surface area contributed by atoms with Gasteiger partial charge in [-0.05, 0) is 162 Å². The molecule has 0 bridgehead atoms. The van der Waals surface area contributed by atoms with Crippen molar-refractivity contribution in [1.29, 1.82) is 0 Å². The molecular weight excluding hydrogens is 1040 g/mol. The average molecular weight is 1150 g/mol. The lowest BCUT2D eigenvalue weighted by Crippen LogP contribution is -2.62. The first-order valence-corrected chi connectivity index (χ1v) is 27.1. The van der Waals surface area contributed by atoms with Crippen molar-refractivity contribution in [2.45, 2.75) is 289 Å². The van der Waals surface area contributed by atoms with E-state index in [2.05, 4.69) is 26.6 Å². The predicted octanol–water partition coefficient (Wildman–Crippen LogP) is 4.28. The Labute approximate surface area is 474 Å². The van der Waals surface area contributed by atoms with E-state index in [0.29, 0.717) is 0 Å². The van der Waals surface area contributed by atoms with E-state index in [-0.39, 0.29) is 92.1 Å². The quantitative estimate of drug-likeness (QED) is 0.115. The molecule has 4 fully saturated rings. The topological polar surface area (TPSA) is 398 Å². The summed E-state index contributed by atoms with van der Waals surface area (Å²) >= 11 is 0. The molecule has 4 rings (SSSR count). The Balaban J connectivity index is 0.000000979. The van der Waals surface area contributed by atoms with Crippen LogP contribution in [0.1, 0.15) is 209 Å². The normalized spacial score (nSPS) is 22.9. The lowest BCUT2D eigenvalue weighted by Gasteiger charge is -2.51. The highest BCUT2D eigenvalue weighted by Gasteiger charge is 2.49. The van der Waals surface area contributed by atoms with Crippen LogP contribution in [0.5, 0.6) is 0 Å². The third kappa shape index (κ3) is 24.4. The van der Waals surface area contributed by atoms with Gasteiger partial charge >= 0.3 is 23.9 Å². The van der Waals surface area contributed by atoms with Gasteiger partial charge in [-0.3, -0.25) is 43.7 Å². The van der Waals surface area contributed by atoms with Crippen molar-refractivity contribution in [3.05, 3.63) is 0 Å². The summed E-state index contributed by atoms with van der Waals surface area (Å²) < 4.78 is 0. The third-order valence-electron chi connectivity index (χ3n) is 14.8. The molecule has 4 aliphatic rings. The molecule has 0 saturated carbocycles. The van der Waals surface area contributed by atoms with Gasteiger partial charge in [0.1, 0.15) is 0 Å². The number of carbonyl (C=O) groups excluding carboxylic acids is 4. The summed E-state index contributed by atoms with van der Waals surface area (Å²) in [5.74, 6) is -5.57. The van der Waals surface area contributed by atoms with E-state index in [0.717, 1.165) is 51.4 Å². The Morgan fingerprint density at radius 2 is 0.588 bits per heavy atom. The Morgan fingerprint density at radius 1 is 0.400 bits per heavy atom. The maximum atomic E-state index is 11.0. The van der Waals surface area contributed by atoms with Crippen LogP contribution in [0.4, 0.5) is 0 Å². The zero-order valence-corrected chi connectivity index (χ0v) is 51.6. The average Bonchev–Trinajstić information content (AvgIpc) is 3.20. The lowest BCUT2D eigenvalue weighted by molar-refractivity contribution is -0.246. The first-order valence-electron chi connectivity index (χ1n) is 27.1. The van der Waals surface area contributed by atoms with Crippen LogP contribution in [0.2, 0.25) is 0 Å². The largest absolute Gasteiger partial charge is 0.481 e. The third-order valence-corrected chi connectivity index (χ3v) is 14.8. The monoisotopic (exact) mass is 1150 g/mol. The Kier molecular flexibility index (Phi) is 27.4. The van der Waals surface area contributed by atoms with Gasteiger partial charge in [-0.2, -0.15) is 20.3 Å². The number of carboxylic acid groups (broad SMARTS) is 4. The fourth-order valence-electron chi connectivity index (χ4n) is 12.4. The van der Waals surface area contributed by atoms with Crippen LogP contribution < -0.4 is 32.3 Å². The van der Waals surface area contributed by atoms with Gasteiger partial charge in [0.15, 0.2) is 0 Å². The maximum Gasteiger partial charge on any atom is 0.317 e. The SMILES string of the molecule is CC(=O)NC1CC(C)(C)N(O)C(C)(C)C1.CC(=O)NC1CC(C)(C)N(O)C(C)(C)C1.CC(=O)NC1CC(C)(C)N(O)C(C)(C)C1.CC(=O)NC1CC(C)(C)N(O)C(C)(C)C1.NC(CC(=O)O)C(CC(=O)O)(CC(=O)O)NCC(=O)O. The van der Waals surface area contributed by atoms with Crippen molar-refractivity contribution in [2.24, 2.45) is 5.73 Å². The molecule has 0 aromatic heterocycles. The second-order valence-electron chi connectivity index (χ2n) is 27.2. The summed E-state index contributed by atoms with van der Waals surface area (Å²) in [7, 11) is 0. The molecule has 26 nitrogen and oxygen atoms in total. The highest BCUT2D eigenvalue weighted by molar-refractivity contribution is 5.76. The van der Waals surface area contributed by atoms with E-state index < -0.39 is 61.3 Å². The number of amides is 4. The van der Waals surface area contributed by atoms with Crippen LogP contribution in [-0.2, 0) is 38.4 Å². The number of rotatable bonds is 14. The standard InChI is InChI=1S/4C11H22N2O2.C10H16N2O8/c4*1-8(14)12-9-6-10(2,3)13(15)11(4,5)7-9;11-5(1-6(13)14)10(2-7(15)16,3-8(17)18)12-4-9(19)20/h4*9,15H,6-7H2,1-5H3,(H,12,14);5,12H,1-4,11H2,(H,13,14)(H,15,16)(H,17,18)(H,19,20). The molecule has 0 aromatic carbocycles.